The lowest BCUT2D eigenvalue weighted by atomic mass is 10.0. The van der Waals surface area contributed by atoms with Gasteiger partial charge in [-0.1, -0.05) is 34.1 Å². The molecular weight excluding hydrogens is 372 g/mol. The van der Waals surface area contributed by atoms with Gasteiger partial charge in [0.25, 0.3) is 5.91 Å². The number of hydrogen-bond donors (Lipinski definition) is 2. The molecule has 5 nitrogen and oxygen atoms in total. The highest BCUT2D eigenvalue weighted by Crippen LogP contribution is 2.19. The molecule has 122 valence electrons. The number of carboxylic acids is 1. The van der Waals surface area contributed by atoms with E-state index in [0.717, 1.165) is 20.9 Å². The SMILES string of the molecule is O=C(N[C@H](Cc1c[nH]c2ccccc12)C(=O)[O-])c1ccc(Br)cc1. The summed E-state index contributed by atoms with van der Waals surface area (Å²) < 4.78 is 0.842. The first-order valence-corrected chi connectivity index (χ1v) is 8.16. The lowest BCUT2D eigenvalue weighted by Crippen LogP contribution is -2.49. The minimum Gasteiger partial charge on any atom is -0.548 e. The van der Waals surface area contributed by atoms with E-state index in [1.165, 1.54) is 0 Å². The van der Waals surface area contributed by atoms with E-state index in [1.54, 1.807) is 30.5 Å². The Hall–Kier alpha value is -2.60. The normalized spacial score (nSPS) is 12.0. The Morgan fingerprint density at radius 1 is 1.12 bits per heavy atom. The first kappa shape index (κ1) is 16.3. The number of rotatable bonds is 5. The van der Waals surface area contributed by atoms with Crippen LogP contribution >= 0.6 is 15.9 Å². The molecule has 0 fully saturated rings. The number of para-hydroxylation sites is 1. The van der Waals surface area contributed by atoms with E-state index in [0.29, 0.717) is 5.56 Å². The van der Waals surface area contributed by atoms with Crippen molar-refractivity contribution in [3.8, 4) is 0 Å². The van der Waals surface area contributed by atoms with Crippen LogP contribution in [0.1, 0.15) is 15.9 Å². The van der Waals surface area contributed by atoms with Gasteiger partial charge in [-0.2, -0.15) is 0 Å². The number of benzene rings is 2. The number of halogens is 1. The van der Waals surface area contributed by atoms with Crippen LogP contribution in [-0.4, -0.2) is 22.9 Å². The summed E-state index contributed by atoms with van der Waals surface area (Å²) in [4.78, 5) is 26.8. The molecule has 0 spiro atoms. The molecule has 3 rings (SSSR count). The van der Waals surface area contributed by atoms with Crippen LogP contribution in [0.3, 0.4) is 0 Å². The van der Waals surface area contributed by atoms with E-state index in [4.69, 9.17) is 0 Å². The van der Waals surface area contributed by atoms with Crippen molar-refractivity contribution in [1.29, 1.82) is 0 Å². The Labute approximate surface area is 146 Å². The van der Waals surface area contributed by atoms with Gasteiger partial charge in [-0.15, -0.1) is 0 Å². The predicted octanol–water partition coefficient (Wildman–Crippen LogP) is 2.02. The summed E-state index contributed by atoms with van der Waals surface area (Å²) in [6, 6.07) is 13.2. The van der Waals surface area contributed by atoms with Gasteiger partial charge >= 0.3 is 0 Å². The molecule has 2 N–H and O–H groups in total. The van der Waals surface area contributed by atoms with Crippen LogP contribution in [-0.2, 0) is 11.2 Å². The van der Waals surface area contributed by atoms with Crippen molar-refractivity contribution in [3.63, 3.8) is 0 Å². The molecule has 1 heterocycles. The fourth-order valence-electron chi connectivity index (χ4n) is 2.56. The maximum Gasteiger partial charge on any atom is 0.251 e. The molecule has 1 atom stereocenters. The molecule has 0 aliphatic carbocycles. The molecule has 1 aromatic heterocycles. The van der Waals surface area contributed by atoms with Crippen molar-refractivity contribution in [2.75, 3.05) is 0 Å². The zero-order valence-corrected chi connectivity index (χ0v) is 14.2. The van der Waals surface area contributed by atoms with Crippen molar-refractivity contribution in [3.05, 3.63) is 70.3 Å². The van der Waals surface area contributed by atoms with Crippen molar-refractivity contribution in [2.24, 2.45) is 0 Å². The standard InChI is InChI=1S/C18H15BrN2O3/c19-13-7-5-11(6-8-13)17(22)21-16(18(23)24)9-12-10-20-15-4-2-1-3-14(12)15/h1-8,10,16,20H,9H2,(H,21,22)(H,23,24)/p-1/t16-/m1/s1. The number of carboxylic acid groups (broad SMARTS) is 1. The summed E-state index contributed by atoms with van der Waals surface area (Å²) in [5.41, 5.74) is 2.13. The Kier molecular flexibility index (Phi) is 4.66. The van der Waals surface area contributed by atoms with Gasteiger partial charge in [-0.25, -0.2) is 0 Å². The molecule has 0 aliphatic heterocycles. The number of aromatic nitrogens is 1. The third-order valence-electron chi connectivity index (χ3n) is 3.80. The average molecular weight is 386 g/mol. The van der Waals surface area contributed by atoms with Crippen LogP contribution in [0.5, 0.6) is 0 Å². The quantitative estimate of drug-likeness (QED) is 0.704. The Morgan fingerprint density at radius 3 is 2.54 bits per heavy atom. The van der Waals surface area contributed by atoms with Gasteiger partial charge in [0.2, 0.25) is 0 Å². The predicted molar refractivity (Wildman–Crippen MR) is 92.4 cm³/mol. The molecule has 0 radical (unpaired) electrons. The van der Waals surface area contributed by atoms with E-state index < -0.39 is 17.9 Å². The molecule has 3 aromatic rings. The summed E-state index contributed by atoms with van der Waals surface area (Å²) in [7, 11) is 0. The maximum atomic E-state index is 12.2. The number of hydrogen-bond acceptors (Lipinski definition) is 3. The molecule has 0 saturated carbocycles. The highest BCUT2D eigenvalue weighted by Gasteiger charge is 2.17. The molecule has 6 heteroatoms. The van der Waals surface area contributed by atoms with Gasteiger partial charge in [0.05, 0.1) is 12.0 Å². The van der Waals surface area contributed by atoms with E-state index >= 15 is 0 Å². The fourth-order valence-corrected chi connectivity index (χ4v) is 2.82. The van der Waals surface area contributed by atoms with E-state index in [-0.39, 0.29) is 6.42 Å². The number of aliphatic carboxylic acids is 1. The molecule has 0 bridgehead atoms. The van der Waals surface area contributed by atoms with E-state index in [2.05, 4.69) is 26.2 Å². The summed E-state index contributed by atoms with van der Waals surface area (Å²) in [5.74, 6) is -1.76. The van der Waals surface area contributed by atoms with E-state index in [1.807, 2.05) is 24.3 Å². The minimum absolute atomic E-state index is 0.147. The van der Waals surface area contributed by atoms with Crippen molar-refractivity contribution >= 4 is 38.7 Å². The van der Waals surface area contributed by atoms with Gasteiger partial charge < -0.3 is 20.2 Å². The second-order valence-electron chi connectivity index (χ2n) is 5.42. The molecular formula is C18H14BrN2O3-. The molecule has 1 amide bonds. The Morgan fingerprint density at radius 2 is 1.83 bits per heavy atom. The number of amides is 1. The van der Waals surface area contributed by atoms with Gasteiger partial charge in [-0.05, 0) is 35.9 Å². The minimum atomic E-state index is -1.31. The number of nitrogens with one attached hydrogen (secondary N) is 2. The summed E-state index contributed by atoms with van der Waals surface area (Å²) >= 11 is 3.29. The van der Waals surface area contributed by atoms with Gasteiger partial charge in [-0.3, -0.25) is 4.79 Å². The smallest absolute Gasteiger partial charge is 0.251 e. The number of fused-ring (bicyclic) bond motifs is 1. The van der Waals surface area contributed by atoms with Gasteiger partial charge in [0.15, 0.2) is 0 Å². The number of carbonyl (C=O) groups excluding carboxylic acids is 2. The second-order valence-corrected chi connectivity index (χ2v) is 6.33. The van der Waals surface area contributed by atoms with E-state index in [9.17, 15) is 14.7 Å². The van der Waals surface area contributed by atoms with Crippen LogP contribution in [0.4, 0.5) is 0 Å². The summed E-state index contributed by atoms with van der Waals surface area (Å²) in [6.07, 6.45) is 1.90. The van der Waals surface area contributed by atoms with Crippen molar-refractivity contribution in [2.45, 2.75) is 12.5 Å². The third kappa shape index (κ3) is 3.49. The Balaban J connectivity index is 1.79. The third-order valence-corrected chi connectivity index (χ3v) is 4.32. The van der Waals surface area contributed by atoms with Gasteiger partial charge in [0.1, 0.15) is 0 Å². The zero-order valence-electron chi connectivity index (χ0n) is 12.6. The van der Waals surface area contributed by atoms with Gasteiger partial charge in [0, 0.05) is 33.6 Å². The average Bonchev–Trinajstić information content (AvgIpc) is 2.98. The zero-order chi connectivity index (χ0) is 17.1. The van der Waals surface area contributed by atoms with Crippen LogP contribution in [0.25, 0.3) is 10.9 Å². The van der Waals surface area contributed by atoms with Crippen LogP contribution < -0.4 is 10.4 Å². The van der Waals surface area contributed by atoms with Crippen LogP contribution in [0.15, 0.2) is 59.2 Å². The maximum absolute atomic E-state index is 12.2. The van der Waals surface area contributed by atoms with Crippen molar-refractivity contribution < 1.29 is 14.7 Å². The molecule has 24 heavy (non-hydrogen) atoms. The van der Waals surface area contributed by atoms with Crippen LogP contribution in [0.2, 0.25) is 0 Å². The Bertz CT molecular complexity index is 887. The molecule has 2 aromatic carbocycles. The van der Waals surface area contributed by atoms with Crippen molar-refractivity contribution in [1.82, 2.24) is 10.3 Å². The molecule has 0 unspecified atom stereocenters. The lowest BCUT2D eigenvalue weighted by molar-refractivity contribution is -0.308. The second kappa shape index (κ2) is 6.88. The number of H-pyrrole nitrogens is 1. The topological polar surface area (TPSA) is 85.0 Å². The molecule has 0 saturated heterocycles. The fraction of sp³-hybridized carbons (Fsp3) is 0.111. The lowest BCUT2D eigenvalue weighted by Gasteiger charge is -2.19. The first-order chi connectivity index (χ1) is 11.5. The first-order valence-electron chi connectivity index (χ1n) is 7.37. The summed E-state index contributed by atoms with van der Waals surface area (Å²) in [6.45, 7) is 0. The number of carbonyl (C=O) groups is 2. The highest BCUT2D eigenvalue weighted by molar-refractivity contribution is 9.10. The highest BCUT2D eigenvalue weighted by atomic mass is 79.9. The monoisotopic (exact) mass is 385 g/mol. The molecule has 0 aliphatic rings. The number of aromatic amines is 1. The van der Waals surface area contributed by atoms with Crippen LogP contribution in [0, 0.1) is 0 Å². The summed E-state index contributed by atoms with van der Waals surface area (Å²) in [5, 5.41) is 14.9. The largest absolute Gasteiger partial charge is 0.548 e.